The van der Waals surface area contributed by atoms with Gasteiger partial charge in [-0.25, -0.2) is 4.98 Å². The zero-order chi connectivity index (χ0) is 16.2. The van der Waals surface area contributed by atoms with Crippen molar-refractivity contribution in [3.05, 3.63) is 48.2 Å². The average Bonchev–Trinajstić information content (AvgIpc) is 3.04. The monoisotopic (exact) mass is 308 g/mol. The second-order valence-electron chi connectivity index (χ2n) is 5.83. The summed E-state index contributed by atoms with van der Waals surface area (Å²) < 4.78 is 5.51. The van der Waals surface area contributed by atoms with Gasteiger partial charge in [0.15, 0.2) is 0 Å². The molecule has 1 N–H and O–H groups in total. The molecule has 0 saturated carbocycles. The van der Waals surface area contributed by atoms with Gasteiger partial charge in [-0.1, -0.05) is 37.2 Å². The van der Waals surface area contributed by atoms with Crippen molar-refractivity contribution < 1.29 is 4.52 Å². The number of benzene rings is 1. The predicted octanol–water partition coefficient (Wildman–Crippen LogP) is 4.04. The van der Waals surface area contributed by atoms with Crippen LogP contribution >= 0.6 is 0 Å². The van der Waals surface area contributed by atoms with Crippen LogP contribution in [0.5, 0.6) is 0 Å². The van der Waals surface area contributed by atoms with Gasteiger partial charge in [0.25, 0.3) is 5.89 Å². The van der Waals surface area contributed by atoms with Gasteiger partial charge in [-0.15, -0.1) is 0 Å². The van der Waals surface area contributed by atoms with E-state index in [9.17, 15) is 0 Å². The molecule has 0 unspecified atom stereocenters. The Labute approximate surface area is 135 Å². The van der Waals surface area contributed by atoms with Crippen LogP contribution in [0.1, 0.15) is 19.4 Å². The molecule has 0 bridgehead atoms. The van der Waals surface area contributed by atoms with E-state index in [2.05, 4.69) is 40.4 Å². The molecule has 0 aliphatic carbocycles. The third kappa shape index (κ3) is 3.23. The number of nitrogens with zero attached hydrogens (tertiary/aromatic N) is 3. The van der Waals surface area contributed by atoms with E-state index in [-0.39, 0.29) is 0 Å². The minimum Gasteiger partial charge on any atom is -0.373 e. The van der Waals surface area contributed by atoms with Crippen molar-refractivity contribution in [1.82, 2.24) is 15.1 Å². The molecule has 0 aliphatic rings. The lowest BCUT2D eigenvalue weighted by molar-refractivity contribution is 0.431. The van der Waals surface area contributed by atoms with E-state index in [4.69, 9.17) is 4.52 Å². The quantitative estimate of drug-likeness (QED) is 0.770. The van der Waals surface area contributed by atoms with Gasteiger partial charge in [0.1, 0.15) is 5.82 Å². The average molecular weight is 308 g/mol. The topological polar surface area (TPSA) is 63.8 Å². The van der Waals surface area contributed by atoms with E-state index in [1.165, 1.54) is 5.56 Å². The number of pyridine rings is 1. The van der Waals surface area contributed by atoms with Gasteiger partial charge in [0, 0.05) is 18.8 Å². The fourth-order valence-electron chi connectivity index (χ4n) is 2.57. The molecule has 118 valence electrons. The summed E-state index contributed by atoms with van der Waals surface area (Å²) in [5, 5.41) is 7.17. The van der Waals surface area contributed by atoms with Crippen molar-refractivity contribution in [2.24, 2.45) is 5.92 Å². The zero-order valence-corrected chi connectivity index (χ0v) is 13.6. The highest BCUT2D eigenvalue weighted by molar-refractivity contribution is 5.71. The number of hydrogen-bond acceptors (Lipinski definition) is 5. The Morgan fingerprint density at radius 2 is 1.87 bits per heavy atom. The first kappa shape index (κ1) is 15.2. The minimum atomic E-state index is 0.539. The number of anilines is 1. The van der Waals surface area contributed by atoms with E-state index in [0.717, 1.165) is 23.4 Å². The number of hydrogen-bond donors (Lipinski definition) is 1. The standard InChI is InChI=1S/C18H20N4O/c1-12(2)11-13-7-4-5-8-14(13)18-21-17(22-23-18)15-9-6-10-20-16(15)19-3/h4-10,12H,11H2,1-3H3,(H,19,20). The second kappa shape index (κ2) is 6.60. The Bertz CT molecular complexity index is 795. The van der Waals surface area contributed by atoms with E-state index < -0.39 is 0 Å². The largest absolute Gasteiger partial charge is 0.373 e. The van der Waals surface area contributed by atoms with Crippen LogP contribution < -0.4 is 5.32 Å². The molecule has 0 spiro atoms. The molecule has 1 aromatic carbocycles. The molecule has 5 nitrogen and oxygen atoms in total. The molecule has 0 amide bonds. The summed E-state index contributed by atoms with van der Waals surface area (Å²) in [4.78, 5) is 8.85. The fourth-order valence-corrected chi connectivity index (χ4v) is 2.57. The summed E-state index contributed by atoms with van der Waals surface area (Å²) in [6.07, 6.45) is 2.71. The molecule has 3 aromatic rings. The first-order valence-electron chi connectivity index (χ1n) is 7.74. The molecule has 0 aliphatic heterocycles. The molecule has 3 rings (SSSR count). The molecule has 2 heterocycles. The van der Waals surface area contributed by atoms with Crippen LogP contribution in [0, 0.1) is 5.92 Å². The molecule has 0 radical (unpaired) electrons. The van der Waals surface area contributed by atoms with Crippen LogP contribution in [0.4, 0.5) is 5.82 Å². The van der Waals surface area contributed by atoms with Crippen LogP contribution in [0.3, 0.4) is 0 Å². The Morgan fingerprint density at radius 1 is 1.09 bits per heavy atom. The summed E-state index contributed by atoms with van der Waals surface area (Å²) >= 11 is 0. The summed E-state index contributed by atoms with van der Waals surface area (Å²) in [6, 6.07) is 12.0. The van der Waals surface area contributed by atoms with E-state index in [0.29, 0.717) is 17.6 Å². The first-order valence-corrected chi connectivity index (χ1v) is 7.74. The van der Waals surface area contributed by atoms with Crippen molar-refractivity contribution >= 4 is 5.82 Å². The molecule has 0 fully saturated rings. The lowest BCUT2D eigenvalue weighted by atomic mass is 9.98. The van der Waals surface area contributed by atoms with Gasteiger partial charge in [-0.05, 0) is 36.1 Å². The van der Waals surface area contributed by atoms with Gasteiger partial charge in [-0.3, -0.25) is 0 Å². The van der Waals surface area contributed by atoms with E-state index in [1.807, 2.05) is 37.4 Å². The molecule has 0 atom stereocenters. The summed E-state index contributed by atoms with van der Waals surface area (Å²) in [6.45, 7) is 4.40. The van der Waals surface area contributed by atoms with Gasteiger partial charge < -0.3 is 9.84 Å². The number of rotatable bonds is 5. The smallest absolute Gasteiger partial charge is 0.258 e. The zero-order valence-electron chi connectivity index (χ0n) is 13.6. The molecule has 0 saturated heterocycles. The van der Waals surface area contributed by atoms with E-state index in [1.54, 1.807) is 6.20 Å². The van der Waals surface area contributed by atoms with Crippen LogP contribution in [-0.4, -0.2) is 22.2 Å². The number of aromatic nitrogens is 3. The highest BCUT2D eigenvalue weighted by Gasteiger charge is 2.16. The Hall–Kier alpha value is -2.69. The molecule has 5 heteroatoms. The molecular formula is C18H20N4O. The maximum absolute atomic E-state index is 5.51. The molecular weight excluding hydrogens is 288 g/mol. The summed E-state index contributed by atoms with van der Waals surface area (Å²) in [7, 11) is 1.82. The third-order valence-electron chi connectivity index (χ3n) is 3.59. The maximum atomic E-state index is 5.51. The van der Waals surface area contributed by atoms with Crippen LogP contribution in [0.15, 0.2) is 47.1 Å². The highest BCUT2D eigenvalue weighted by atomic mass is 16.5. The Balaban J connectivity index is 2.00. The Kier molecular flexibility index (Phi) is 4.37. The SMILES string of the molecule is CNc1ncccc1-c1noc(-c2ccccc2CC(C)C)n1. The summed E-state index contributed by atoms with van der Waals surface area (Å²) in [5.41, 5.74) is 3.04. The van der Waals surface area contributed by atoms with Gasteiger partial charge in [-0.2, -0.15) is 4.98 Å². The van der Waals surface area contributed by atoms with Gasteiger partial charge in [0.2, 0.25) is 5.82 Å². The lowest BCUT2D eigenvalue weighted by Crippen LogP contribution is -1.97. The van der Waals surface area contributed by atoms with Crippen LogP contribution in [-0.2, 0) is 6.42 Å². The van der Waals surface area contributed by atoms with Gasteiger partial charge in [0.05, 0.1) is 5.56 Å². The summed E-state index contributed by atoms with van der Waals surface area (Å²) in [5.74, 6) is 2.38. The number of nitrogens with one attached hydrogen (secondary N) is 1. The molecule has 23 heavy (non-hydrogen) atoms. The van der Waals surface area contributed by atoms with Crippen molar-refractivity contribution in [1.29, 1.82) is 0 Å². The minimum absolute atomic E-state index is 0.539. The van der Waals surface area contributed by atoms with Crippen molar-refractivity contribution in [2.45, 2.75) is 20.3 Å². The highest BCUT2D eigenvalue weighted by Crippen LogP contribution is 2.28. The first-order chi connectivity index (χ1) is 11.2. The van der Waals surface area contributed by atoms with Crippen molar-refractivity contribution in [3.8, 4) is 22.8 Å². The lowest BCUT2D eigenvalue weighted by Gasteiger charge is -2.08. The van der Waals surface area contributed by atoms with Gasteiger partial charge >= 0.3 is 0 Å². The predicted molar refractivity (Wildman–Crippen MR) is 91.1 cm³/mol. The second-order valence-corrected chi connectivity index (χ2v) is 5.83. The normalized spacial score (nSPS) is 11.0. The fraction of sp³-hybridized carbons (Fsp3) is 0.278. The van der Waals surface area contributed by atoms with Crippen LogP contribution in [0.25, 0.3) is 22.8 Å². The Morgan fingerprint density at radius 3 is 2.65 bits per heavy atom. The van der Waals surface area contributed by atoms with Crippen molar-refractivity contribution in [3.63, 3.8) is 0 Å². The van der Waals surface area contributed by atoms with E-state index >= 15 is 0 Å². The maximum Gasteiger partial charge on any atom is 0.258 e. The molecule has 2 aromatic heterocycles. The van der Waals surface area contributed by atoms with Crippen LogP contribution in [0.2, 0.25) is 0 Å². The third-order valence-corrected chi connectivity index (χ3v) is 3.59. The van der Waals surface area contributed by atoms with Crippen molar-refractivity contribution in [2.75, 3.05) is 12.4 Å².